The third-order valence-electron chi connectivity index (χ3n) is 2.82. The molecule has 0 aliphatic carbocycles. The van der Waals surface area contributed by atoms with E-state index in [-0.39, 0.29) is 5.69 Å². The van der Waals surface area contributed by atoms with Gasteiger partial charge in [-0.25, -0.2) is 9.78 Å². The van der Waals surface area contributed by atoms with Crippen molar-refractivity contribution in [3.63, 3.8) is 0 Å². The second-order valence-electron chi connectivity index (χ2n) is 4.01. The smallest absolute Gasteiger partial charge is 0.327 e. The molecule has 9 heteroatoms. The Kier molecular flexibility index (Phi) is 3.96. The first-order chi connectivity index (χ1) is 9.00. The van der Waals surface area contributed by atoms with Crippen LogP contribution in [0.1, 0.15) is 0 Å². The van der Waals surface area contributed by atoms with Gasteiger partial charge in [0, 0.05) is 25.7 Å². The van der Waals surface area contributed by atoms with Gasteiger partial charge in [-0.1, -0.05) is 0 Å². The lowest BCUT2D eigenvalue weighted by molar-refractivity contribution is -0.385. The summed E-state index contributed by atoms with van der Waals surface area (Å²) in [4.78, 5) is 26.9. The van der Waals surface area contributed by atoms with Crippen LogP contribution in [0.5, 0.6) is 0 Å². The third-order valence-corrected chi connectivity index (χ3v) is 3.40. The van der Waals surface area contributed by atoms with Gasteiger partial charge in [-0.2, -0.15) is 0 Å². The molecule has 8 nitrogen and oxygen atoms in total. The predicted octanol–water partition coefficient (Wildman–Crippen LogP) is 0.615. The Morgan fingerprint density at radius 2 is 2.42 bits per heavy atom. The summed E-state index contributed by atoms with van der Waals surface area (Å²) >= 11 is 3.21. The zero-order chi connectivity index (χ0) is 14.0. The van der Waals surface area contributed by atoms with E-state index in [0.29, 0.717) is 29.9 Å². The monoisotopic (exact) mass is 330 g/mol. The second-order valence-corrected chi connectivity index (χ2v) is 4.86. The number of nitrogens with one attached hydrogen (secondary N) is 1. The van der Waals surface area contributed by atoms with Gasteiger partial charge in [0.2, 0.25) is 0 Å². The molecular weight excluding hydrogens is 320 g/mol. The first kappa shape index (κ1) is 13.7. The highest BCUT2D eigenvalue weighted by Gasteiger charge is 2.30. The van der Waals surface area contributed by atoms with Crippen molar-refractivity contribution < 1.29 is 14.8 Å². The van der Waals surface area contributed by atoms with E-state index in [0.717, 1.165) is 6.20 Å². The maximum absolute atomic E-state index is 11.2. The van der Waals surface area contributed by atoms with Crippen molar-refractivity contribution in [3.05, 3.63) is 26.9 Å². The molecule has 1 aliphatic rings. The van der Waals surface area contributed by atoms with E-state index in [4.69, 9.17) is 0 Å². The number of nitrogens with zero attached hydrogens (tertiary/aromatic N) is 3. The number of rotatable bonds is 3. The number of carboxylic acid groups (broad SMARTS) is 1. The Morgan fingerprint density at radius 3 is 3.00 bits per heavy atom. The molecule has 1 aliphatic heterocycles. The molecule has 1 atom stereocenters. The van der Waals surface area contributed by atoms with Crippen molar-refractivity contribution >= 4 is 33.4 Å². The van der Waals surface area contributed by atoms with E-state index in [1.807, 2.05) is 0 Å². The predicted molar refractivity (Wildman–Crippen MR) is 70.2 cm³/mol. The van der Waals surface area contributed by atoms with Crippen LogP contribution in [0.2, 0.25) is 0 Å². The molecule has 1 saturated heterocycles. The van der Waals surface area contributed by atoms with Gasteiger partial charge in [0.15, 0.2) is 0 Å². The normalized spacial score (nSPS) is 19.2. The van der Waals surface area contributed by atoms with Gasteiger partial charge < -0.3 is 15.3 Å². The number of carboxylic acids is 1. The lowest BCUT2D eigenvalue weighted by Crippen LogP contribution is -2.55. The number of hydrogen-bond donors (Lipinski definition) is 2. The lowest BCUT2D eigenvalue weighted by Gasteiger charge is -2.34. The molecule has 0 saturated carbocycles. The van der Waals surface area contributed by atoms with Crippen molar-refractivity contribution in [1.82, 2.24) is 10.3 Å². The van der Waals surface area contributed by atoms with Crippen LogP contribution in [0.15, 0.2) is 16.7 Å². The number of anilines is 1. The average Bonchev–Trinajstić information content (AvgIpc) is 2.38. The maximum Gasteiger partial charge on any atom is 0.327 e. The average molecular weight is 331 g/mol. The Labute approximate surface area is 116 Å². The van der Waals surface area contributed by atoms with Gasteiger partial charge in [-0.05, 0) is 15.9 Å². The highest BCUT2D eigenvalue weighted by molar-refractivity contribution is 9.10. The molecule has 0 amide bonds. The first-order valence-corrected chi connectivity index (χ1v) is 6.30. The Balaban J connectivity index is 2.34. The zero-order valence-corrected chi connectivity index (χ0v) is 11.3. The molecule has 0 radical (unpaired) electrons. The molecule has 1 fully saturated rings. The maximum atomic E-state index is 11.2. The SMILES string of the molecule is O=C(O)C1CNCCN1c1ncc([N+](=O)[O-])cc1Br. The van der Waals surface area contributed by atoms with Crippen LogP contribution in [0.3, 0.4) is 0 Å². The van der Waals surface area contributed by atoms with Gasteiger partial charge in [0.05, 0.1) is 9.40 Å². The molecule has 1 aromatic rings. The van der Waals surface area contributed by atoms with E-state index < -0.39 is 16.9 Å². The number of hydrogen-bond acceptors (Lipinski definition) is 6. The largest absolute Gasteiger partial charge is 0.480 e. The summed E-state index contributed by atoms with van der Waals surface area (Å²) in [6, 6.07) is 0.586. The summed E-state index contributed by atoms with van der Waals surface area (Å²) in [5.41, 5.74) is -0.141. The van der Waals surface area contributed by atoms with E-state index >= 15 is 0 Å². The van der Waals surface area contributed by atoms with E-state index in [9.17, 15) is 20.0 Å². The number of piperazine rings is 1. The molecule has 0 bridgehead atoms. The lowest BCUT2D eigenvalue weighted by atomic mass is 10.2. The van der Waals surface area contributed by atoms with Crippen LogP contribution in [-0.2, 0) is 4.79 Å². The number of nitro groups is 1. The minimum absolute atomic E-state index is 0.141. The standard InChI is InChI=1S/C10H11BrN4O4/c11-7-3-6(15(18)19)4-13-9(7)14-2-1-12-5-8(14)10(16)17/h3-4,8,12H,1-2,5H2,(H,16,17). The summed E-state index contributed by atoms with van der Waals surface area (Å²) in [6.07, 6.45) is 1.13. The highest BCUT2D eigenvalue weighted by atomic mass is 79.9. The van der Waals surface area contributed by atoms with Crippen LogP contribution in [0.25, 0.3) is 0 Å². The van der Waals surface area contributed by atoms with Crippen LogP contribution < -0.4 is 10.2 Å². The number of pyridine rings is 1. The minimum atomic E-state index is -0.959. The molecule has 0 aromatic carbocycles. The molecule has 102 valence electrons. The summed E-state index contributed by atoms with van der Waals surface area (Å²) < 4.78 is 0.412. The number of carbonyl (C=O) groups is 1. The molecule has 1 aromatic heterocycles. The fourth-order valence-electron chi connectivity index (χ4n) is 1.91. The fourth-order valence-corrected chi connectivity index (χ4v) is 2.47. The van der Waals surface area contributed by atoms with Crippen LogP contribution in [-0.4, -0.2) is 46.7 Å². The molecule has 2 heterocycles. The van der Waals surface area contributed by atoms with Crippen molar-refractivity contribution in [3.8, 4) is 0 Å². The summed E-state index contributed by atoms with van der Waals surface area (Å²) in [6.45, 7) is 1.41. The van der Waals surface area contributed by atoms with Gasteiger partial charge >= 0.3 is 5.97 Å². The number of aromatic nitrogens is 1. The minimum Gasteiger partial charge on any atom is -0.480 e. The summed E-state index contributed by atoms with van der Waals surface area (Å²) in [5, 5.41) is 22.8. The third kappa shape index (κ3) is 2.82. The van der Waals surface area contributed by atoms with Crippen molar-refractivity contribution in [2.45, 2.75) is 6.04 Å². The van der Waals surface area contributed by atoms with Gasteiger partial charge in [0.1, 0.15) is 18.1 Å². The van der Waals surface area contributed by atoms with Crippen LogP contribution in [0.4, 0.5) is 11.5 Å². The second kappa shape index (κ2) is 5.49. The van der Waals surface area contributed by atoms with E-state index in [1.165, 1.54) is 6.07 Å². The van der Waals surface area contributed by atoms with Crippen LogP contribution >= 0.6 is 15.9 Å². The molecule has 2 N–H and O–H groups in total. The zero-order valence-electron chi connectivity index (χ0n) is 9.74. The highest BCUT2D eigenvalue weighted by Crippen LogP contribution is 2.29. The molecule has 2 rings (SSSR count). The van der Waals surface area contributed by atoms with Crippen LogP contribution in [0, 0.1) is 10.1 Å². The molecule has 19 heavy (non-hydrogen) atoms. The number of aliphatic carboxylic acids is 1. The Bertz CT molecular complexity index is 524. The molecule has 1 unspecified atom stereocenters. The summed E-state index contributed by atoms with van der Waals surface area (Å²) in [5.74, 6) is -0.557. The first-order valence-electron chi connectivity index (χ1n) is 5.51. The Hall–Kier alpha value is -1.74. The van der Waals surface area contributed by atoms with Crippen molar-refractivity contribution in [1.29, 1.82) is 0 Å². The van der Waals surface area contributed by atoms with Gasteiger partial charge in [-0.15, -0.1) is 0 Å². The Morgan fingerprint density at radius 1 is 1.68 bits per heavy atom. The van der Waals surface area contributed by atoms with E-state index in [2.05, 4.69) is 26.2 Å². The number of halogens is 1. The topological polar surface area (TPSA) is 109 Å². The molecule has 0 spiro atoms. The van der Waals surface area contributed by atoms with Crippen molar-refractivity contribution in [2.75, 3.05) is 24.5 Å². The fraction of sp³-hybridized carbons (Fsp3) is 0.400. The summed E-state index contributed by atoms with van der Waals surface area (Å²) in [7, 11) is 0. The van der Waals surface area contributed by atoms with Crippen molar-refractivity contribution in [2.24, 2.45) is 0 Å². The van der Waals surface area contributed by atoms with Gasteiger partial charge in [0.25, 0.3) is 5.69 Å². The molecular formula is C10H11BrN4O4. The van der Waals surface area contributed by atoms with E-state index in [1.54, 1.807) is 4.90 Å². The van der Waals surface area contributed by atoms with Gasteiger partial charge in [-0.3, -0.25) is 10.1 Å². The quantitative estimate of drug-likeness (QED) is 0.617.